The lowest BCUT2D eigenvalue weighted by atomic mass is 10.1. The summed E-state index contributed by atoms with van der Waals surface area (Å²) >= 11 is 0. The fraction of sp³-hybridized carbons (Fsp3) is 0.600. The van der Waals surface area contributed by atoms with Gasteiger partial charge in [0.1, 0.15) is 18.8 Å². The molecule has 3 unspecified atom stereocenters. The van der Waals surface area contributed by atoms with Crippen LogP contribution in [0, 0.1) is 0 Å². The van der Waals surface area contributed by atoms with Crippen LogP contribution in [0.1, 0.15) is 5.56 Å². The van der Waals surface area contributed by atoms with Crippen LogP contribution in [0.15, 0.2) is 24.3 Å². The zero-order valence-corrected chi connectivity index (χ0v) is 11.4. The summed E-state index contributed by atoms with van der Waals surface area (Å²) in [6, 6.07) is 8.37. The van der Waals surface area contributed by atoms with E-state index in [9.17, 15) is 0 Å². The maximum absolute atomic E-state index is 5.93. The molecule has 0 aromatic heterocycles. The van der Waals surface area contributed by atoms with Gasteiger partial charge in [-0.05, 0) is 11.6 Å². The first-order chi connectivity index (χ1) is 9.88. The lowest BCUT2D eigenvalue weighted by Gasteiger charge is -2.25. The van der Waals surface area contributed by atoms with Gasteiger partial charge in [0.05, 0.1) is 38.2 Å². The van der Waals surface area contributed by atoms with Crippen LogP contribution in [-0.2, 0) is 25.5 Å². The summed E-state index contributed by atoms with van der Waals surface area (Å²) in [6.45, 7) is 3.89. The standard InChI is InChI=1S/C15H19NO4/c1-2-4-15(11(3-1)5-12-7-17-12)16(6-13-8-18-13)20-10-14-9-19-14/h1-4,12-14H,5-10H2. The Morgan fingerprint density at radius 1 is 1.00 bits per heavy atom. The number of anilines is 1. The van der Waals surface area contributed by atoms with Crippen molar-refractivity contribution < 1.29 is 19.0 Å². The van der Waals surface area contributed by atoms with E-state index in [1.165, 1.54) is 5.56 Å². The van der Waals surface area contributed by atoms with E-state index in [0.717, 1.165) is 38.5 Å². The third kappa shape index (κ3) is 3.30. The molecular weight excluding hydrogens is 258 g/mol. The number of hydrogen-bond acceptors (Lipinski definition) is 5. The molecule has 108 valence electrons. The summed E-state index contributed by atoms with van der Waals surface area (Å²) in [5, 5.41) is 1.97. The molecule has 5 nitrogen and oxygen atoms in total. The summed E-state index contributed by atoms with van der Waals surface area (Å²) in [5.74, 6) is 0. The van der Waals surface area contributed by atoms with Crippen LogP contribution < -0.4 is 5.06 Å². The molecule has 0 aliphatic carbocycles. The van der Waals surface area contributed by atoms with Crippen LogP contribution in [-0.4, -0.2) is 51.3 Å². The predicted octanol–water partition coefficient (Wildman–Crippen LogP) is 1.16. The highest BCUT2D eigenvalue weighted by atomic mass is 16.7. The molecule has 3 aliphatic heterocycles. The summed E-state index contributed by atoms with van der Waals surface area (Å²) in [7, 11) is 0. The lowest BCUT2D eigenvalue weighted by Crippen LogP contribution is -2.30. The van der Waals surface area contributed by atoms with Crippen molar-refractivity contribution in [2.75, 3.05) is 38.0 Å². The summed E-state index contributed by atoms with van der Waals surface area (Å²) in [6.07, 6.45) is 1.88. The molecule has 3 atom stereocenters. The molecule has 1 aromatic carbocycles. The molecule has 3 aliphatic rings. The van der Waals surface area contributed by atoms with E-state index in [0.29, 0.717) is 18.8 Å². The number of benzene rings is 1. The Morgan fingerprint density at radius 2 is 1.70 bits per heavy atom. The van der Waals surface area contributed by atoms with Gasteiger partial charge in [-0.1, -0.05) is 18.2 Å². The van der Waals surface area contributed by atoms with Gasteiger partial charge in [-0.3, -0.25) is 9.90 Å². The lowest BCUT2D eigenvalue weighted by molar-refractivity contribution is 0.0887. The van der Waals surface area contributed by atoms with Gasteiger partial charge < -0.3 is 14.2 Å². The molecular formula is C15H19NO4. The number of rotatable bonds is 8. The van der Waals surface area contributed by atoms with Crippen molar-refractivity contribution in [1.82, 2.24) is 0 Å². The molecule has 0 spiro atoms. The highest BCUT2D eigenvalue weighted by Gasteiger charge is 2.31. The highest BCUT2D eigenvalue weighted by molar-refractivity contribution is 5.52. The van der Waals surface area contributed by atoms with Crippen LogP contribution in [0.2, 0.25) is 0 Å². The smallest absolute Gasteiger partial charge is 0.107 e. The Labute approximate surface area is 118 Å². The summed E-state index contributed by atoms with van der Waals surface area (Å²) in [5.41, 5.74) is 2.39. The second-order valence-electron chi connectivity index (χ2n) is 5.56. The Balaban J connectivity index is 1.49. The molecule has 3 heterocycles. The number of hydroxylamine groups is 1. The largest absolute Gasteiger partial charge is 0.373 e. The van der Waals surface area contributed by atoms with Crippen molar-refractivity contribution in [3.05, 3.63) is 29.8 Å². The van der Waals surface area contributed by atoms with Gasteiger partial charge >= 0.3 is 0 Å². The van der Waals surface area contributed by atoms with Gasteiger partial charge in [0.2, 0.25) is 0 Å². The highest BCUT2D eigenvalue weighted by Crippen LogP contribution is 2.28. The Morgan fingerprint density at radius 3 is 2.40 bits per heavy atom. The van der Waals surface area contributed by atoms with E-state index in [-0.39, 0.29) is 6.10 Å². The summed E-state index contributed by atoms with van der Waals surface area (Å²) < 4.78 is 15.9. The van der Waals surface area contributed by atoms with Crippen LogP contribution in [0.4, 0.5) is 5.69 Å². The van der Waals surface area contributed by atoms with E-state index in [1.807, 2.05) is 11.1 Å². The minimum absolute atomic E-state index is 0.261. The number of ether oxygens (including phenoxy) is 3. The first-order valence-corrected chi connectivity index (χ1v) is 7.21. The quantitative estimate of drug-likeness (QED) is 0.527. The Bertz CT molecular complexity index is 469. The molecule has 4 rings (SSSR count). The van der Waals surface area contributed by atoms with Gasteiger partial charge in [0.15, 0.2) is 0 Å². The summed E-state index contributed by atoms with van der Waals surface area (Å²) in [4.78, 5) is 5.93. The number of nitrogens with zero attached hydrogens (tertiary/aromatic N) is 1. The van der Waals surface area contributed by atoms with Gasteiger partial charge in [-0.15, -0.1) is 0 Å². The maximum Gasteiger partial charge on any atom is 0.107 e. The Kier molecular flexibility index (Phi) is 3.36. The van der Waals surface area contributed by atoms with E-state index in [2.05, 4.69) is 18.2 Å². The molecule has 3 fully saturated rings. The average molecular weight is 277 g/mol. The van der Waals surface area contributed by atoms with Crippen molar-refractivity contribution in [2.24, 2.45) is 0 Å². The van der Waals surface area contributed by atoms with Crippen molar-refractivity contribution in [1.29, 1.82) is 0 Å². The first kappa shape index (κ1) is 12.6. The van der Waals surface area contributed by atoms with Crippen LogP contribution in [0.5, 0.6) is 0 Å². The fourth-order valence-electron chi connectivity index (χ4n) is 2.27. The SMILES string of the molecule is c1ccc(N(CC2CO2)OCC2CO2)c(CC2CO2)c1. The molecule has 3 saturated heterocycles. The topological polar surface area (TPSA) is 50.1 Å². The third-order valence-electron chi connectivity index (χ3n) is 3.70. The molecule has 5 heteroatoms. The van der Waals surface area contributed by atoms with E-state index in [1.54, 1.807) is 0 Å². The van der Waals surface area contributed by atoms with Crippen molar-refractivity contribution >= 4 is 5.69 Å². The van der Waals surface area contributed by atoms with Crippen molar-refractivity contribution in [3.63, 3.8) is 0 Å². The molecule has 0 saturated carbocycles. The zero-order chi connectivity index (χ0) is 13.4. The van der Waals surface area contributed by atoms with Crippen LogP contribution >= 0.6 is 0 Å². The van der Waals surface area contributed by atoms with E-state index in [4.69, 9.17) is 19.0 Å². The van der Waals surface area contributed by atoms with Crippen molar-refractivity contribution in [3.8, 4) is 0 Å². The van der Waals surface area contributed by atoms with Gasteiger partial charge in [0.25, 0.3) is 0 Å². The van der Waals surface area contributed by atoms with Crippen molar-refractivity contribution in [2.45, 2.75) is 24.7 Å². The molecule has 1 aromatic rings. The second-order valence-corrected chi connectivity index (χ2v) is 5.56. The normalized spacial score (nSPS) is 30.1. The van der Waals surface area contributed by atoms with Gasteiger partial charge in [0, 0.05) is 6.42 Å². The van der Waals surface area contributed by atoms with E-state index < -0.39 is 0 Å². The number of epoxide rings is 3. The minimum atomic E-state index is 0.261. The third-order valence-corrected chi connectivity index (χ3v) is 3.70. The minimum Gasteiger partial charge on any atom is -0.373 e. The predicted molar refractivity (Wildman–Crippen MR) is 72.7 cm³/mol. The monoisotopic (exact) mass is 277 g/mol. The van der Waals surface area contributed by atoms with Crippen LogP contribution in [0.25, 0.3) is 0 Å². The van der Waals surface area contributed by atoms with Gasteiger partial charge in [-0.2, -0.15) is 0 Å². The van der Waals surface area contributed by atoms with E-state index >= 15 is 0 Å². The average Bonchev–Trinajstić information content (AvgIpc) is 3.31. The molecule has 20 heavy (non-hydrogen) atoms. The molecule has 0 amide bonds. The Hall–Kier alpha value is -1.14. The molecule has 0 radical (unpaired) electrons. The molecule has 0 bridgehead atoms. The number of hydrogen-bond donors (Lipinski definition) is 0. The zero-order valence-electron chi connectivity index (χ0n) is 11.4. The molecule has 0 N–H and O–H groups in total. The fourth-order valence-corrected chi connectivity index (χ4v) is 2.27. The first-order valence-electron chi connectivity index (χ1n) is 7.21. The number of para-hydroxylation sites is 1. The second kappa shape index (κ2) is 5.33. The van der Waals surface area contributed by atoms with Gasteiger partial charge in [-0.25, -0.2) is 0 Å². The van der Waals surface area contributed by atoms with Crippen LogP contribution in [0.3, 0.4) is 0 Å². The maximum atomic E-state index is 5.93.